The van der Waals surface area contributed by atoms with Crippen LogP contribution >= 0.6 is 0 Å². The minimum atomic E-state index is -1.20. The number of nitrogens with two attached hydrogens (primary N) is 1. The molecular weight excluding hydrogens is 730 g/mol. The predicted molar refractivity (Wildman–Crippen MR) is 219 cm³/mol. The van der Waals surface area contributed by atoms with E-state index >= 15 is 0 Å². The van der Waals surface area contributed by atoms with Crippen molar-refractivity contribution in [3.8, 4) is 0 Å². The van der Waals surface area contributed by atoms with Gasteiger partial charge in [-0.25, -0.2) is 14.4 Å². The van der Waals surface area contributed by atoms with E-state index in [0.29, 0.717) is 38.1 Å². The van der Waals surface area contributed by atoms with Gasteiger partial charge in [-0.05, 0) is 151 Å². The molecule has 0 radical (unpaired) electrons. The summed E-state index contributed by atoms with van der Waals surface area (Å²) in [5.41, 5.74) is 4.58. The molecule has 0 unspecified atom stereocenters. The lowest BCUT2D eigenvalue weighted by molar-refractivity contribution is -0.159. The van der Waals surface area contributed by atoms with Crippen LogP contribution in [0.5, 0.6) is 0 Å². The van der Waals surface area contributed by atoms with Crippen LogP contribution in [0.1, 0.15) is 139 Å². The summed E-state index contributed by atoms with van der Waals surface area (Å²) in [5, 5.41) is 11.2. The molecule has 0 heterocycles. The molecule has 2 rings (SSSR count). The SMILES string of the molecule is CC(C)(C)OC(=O)CC[C@H](NC(=O)N[C@@H](CCCCNC(=O)[C@H](CCCc1ccccc1)NC(=O)C1CCC(CN)CC1)C(=O)OC(C)(C)C)C(=O)OC(C)(C)C. The Bertz CT molecular complexity index is 1440. The third-order valence-corrected chi connectivity index (χ3v) is 9.25. The number of rotatable bonds is 20. The van der Waals surface area contributed by atoms with Crippen molar-refractivity contribution in [2.75, 3.05) is 13.1 Å². The molecule has 1 aliphatic carbocycles. The van der Waals surface area contributed by atoms with Gasteiger partial charge >= 0.3 is 23.9 Å². The molecule has 1 saturated carbocycles. The van der Waals surface area contributed by atoms with Crippen molar-refractivity contribution in [1.82, 2.24) is 21.3 Å². The normalized spacial score (nSPS) is 17.6. The van der Waals surface area contributed by atoms with E-state index in [1.165, 1.54) is 0 Å². The molecule has 0 bridgehead atoms. The van der Waals surface area contributed by atoms with Crippen LogP contribution in [-0.4, -0.2) is 83.8 Å². The van der Waals surface area contributed by atoms with Crippen LogP contribution in [0.2, 0.25) is 0 Å². The van der Waals surface area contributed by atoms with Crippen LogP contribution in [0.25, 0.3) is 0 Å². The summed E-state index contributed by atoms with van der Waals surface area (Å²) in [4.78, 5) is 78.8. The second kappa shape index (κ2) is 23.3. The average molecular weight is 802 g/mol. The first-order chi connectivity index (χ1) is 26.5. The number of benzene rings is 1. The van der Waals surface area contributed by atoms with Crippen molar-refractivity contribution in [3.05, 3.63) is 35.9 Å². The van der Waals surface area contributed by atoms with E-state index < -0.39 is 58.9 Å². The fraction of sp³-hybridized carbons (Fsp3) is 0.721. The number of hydrogen-bond donors (Lipinski definition) is 5. The smallest absolute Gasteiger partial charge is 0.329 e. The number of aryl methyl sites for hydroxylation is 1. The van der Waals surface area contributed by atoms with E-state index in [4.69, 9.17) is 19.9 Å². The van der Waals surface area contributed by atoms with Gasteiger partial charge < -0.3 is 41.2 Å². The monoisotopic (exact) mass is 802 g/mol. The molecule has 1 fully saturated rings. The zero-order valence-electron chi connectivity index (χ0n) is 35.9. The average Bonchev–Trinajstić information content (AvgIpc) is 3.10. The second-order valence-corrected chi connectivity index (χ2v) is 18.1. The second-order valence-electron chi connectivity index (χ2n) is 18.1. The highest BCUT2D eigenvalue weighted by molar-refractivity contribution is 5.89. The molecule has 0 aromatic heterocycles. The minimum absolute atomic E-state index is 0.0862. The highest BCUT2D eigenvalue weighted by Gasteiger charge is 2.32. The van der Waals surface area contributed by atoms with Gasteiger partial charge in [-0.3, -0.25) is 14.4 Å². The molecule has 1 aromatic rings. The van der Waals surface area contributed by atoms with Gasteiger partial charge in [-0.15, -0.1) is 0 Å². The van der Waals surface area contributed by atoms with E-state index in [1.807, 2.05) is 30.3 Å². The number of amides is 4. The van der Waals surface area contributed by atoms with Gasteiger partial charge in [0.05, 0.1) is 0 Å². The van der Waals surface area contributed by atoms with Gasteiger partial charge in [-0.1, -0.05) is 30.3 Å². The van der Waals surface area contributed by atoms with Crippen LogP contribution in [0.15, 0.2) is 30.3 Å². The molecule has 322 valence electrons. The number of esters is 3. The summed E-state index contributed by atoms with van der Waals surface area (Å²) in [6.45, 7) is 16.3. The molecule has 0 spiro atoms. The van der Waals surface area contributed by atoms with Crippen molar-refractivity contribution in [2.24, 2.45) is 17.6 Å². The number of nitrogens with one attached hydrogen (secondary N) is 4. The maximum atomic E-state index is 13.5. The summed E-state index contributed by atoms with van der Waals surface area (Å²) >= 11 is 0. The summed E-state index contributed by atoms with van der Waals surface area (Å²) in [6, 6.07) is 6.20. The summed E-state index contributed by atoms with van der Waals surface area (Å²) in [7, 11) is 0. The lowest BCUT2D eigenvalue weighted by atomic mass is 9.81. The highest BCUT2D eigenvalue weighted by atomic mass is 16.6. The maximum absolute atomic E-state index is 13.5. The van der Waals surface area contributed by atoms with Gasteiger partial charge in [0.2, 0.25) is 11.8 Å². The molecule has 3 atom stereocenters. The third-order valence-electron chi connectivity index (χ3n) is 9.25. The first kappa shape index (κ1) is 48.9. The Labute approximate surface area is 340 Å². The fourth-order valence-electron chi connectivity index (χ4n) is 6.44. The first-order valence-electron chi connectivity index (χ1n) is 20.6. The summed E-state index contributed by atoms with van der Waals surface area (Å²) in [6.07, 6.45) is 6.11. The van der Waals surface area contributed by atoms with Crippen LogP contribution in [-0.2, 0) is 44.6 Å². The highest BCUT2D eigenvalue weighted by Crippen LogP contribution is 2.28. The van der Waals surface area contributed by atoms with E-state index in [9.17, 15) is 28.8 Å². The van der Waals surface area contributed by atoms with E-state index in [0.717, 1.165) is 37.7 Å². The largest absolute Gasteiger partial charge is 0.460 e. The molecule has 14 heteroatoms. The lowest BCUT2D eigenvalue weighted by Gasteiger charge is -2.28. The Morgan fingerprint density at radius 1 is 0.667 bits per heavy atom. The molecule has 14 nitrogen and oxygen atoms in total. The molecule has 1 aliphatic rings. The fourth-order valence-corrected chi connectivity index (χ4v) is 6.44. The maximum Gasteiger partial charge on any atom is 0.329 e. The Morgan fingerprint density at radius 2 is 1.19 bits per heavy atom. The predicted octanol–water partition coefficient (Wildman–Crippen LogP) is 5.39. The van der Waals surface area contributed by atoms with Crippen LogP contribution in [0, 0.1) is 11.8 Å². The summed E-state index contributed by atoms with van der Waals surface area (Å²) < 4.78 is 16.4. The van der Waals surface area contributed by atoms with E-state index in [2.05, 4.69) is 21.3 Å². The zero-order valence-corrected chi connectivity index (χ0v) is 35.9. The molecule has 0 aliphatic heterocycles. The number of hydrogen-bond acceptors (Lipinski definition) is 10. The molecular formula is C43H71N5O9. The summed E-state index contributed by atoms with van der Waals surface area (Å²) in [5.74, 6) is -2.02. The Kier molecular flexibility index (Phi) is 20.0. The number of carbonyl (C=O) groups is 6. The van der Waals surface area contributed by atoms with Gasteiger partial charge in [0.25, 0.3) is 0 Å². The minimum Gasteiger partial charge on any atom is -0.460 e. The van der Waals surface area contributed by atoms with Gasteiger partial charge in [0.1, 0.15) is 34.9 Å². The number of unbranched alkanes of at least 4 members (excludes halogenated alkanes) is 1. The van der Waals surface area contributed by atoms with Crippen molar-refractivity contribution >= 4 is 35.8 Å². The Hall–Kier alpha value is -4.20. The number of urea groups is 1. The third kappa shape index (κ3) is 21.2. The van der Waals surface area contributed by atoms with Crippen LogP contribution in [0.3, 0.4) is 0 Å². The molecule has 4 amide bonds. The topological polar surface area (TPSA) is 204 Å². The van der Waals surface area contributed by atoms with Crippen LogP contribution in [0.4, 0.5) is 4.79 Å². The molecule has 6 N–H and O–H groups in total. The van der Waals surface area contributed by atoms with Crippen molar-refractivity contribution < 1.29 is 43.0 Å². The Morgan fingerprint density at radius 3 is 1.72 bits per heavy atom. The Balaban J connectivity index is 2.04. The number of carbonyl (C=O) groups excluding carboxylic acids is 6. The van der Waals surface area contributed by atoms with Crippen molar-refractivity contribution in [1.29, 1.82) is 0 Å². The standard InChI is InChI=1S/C43H71N5O9/c1-41(2,3)55-35(49)26-25-34(39(53)57-43(7,8)9)48-40(54)47-33(38(52)56-42(4,5)6)19-13-14-27-45-37(51)32(20-15-18-29-16-11-10-12-17-29)46-36(50)31-23-21-30(28-44)22-24-31/h10-12,16-17,30-34H,13-15,18-28,44H2,1-9H3,(H,45,51)(H,46,50)(H2,47,48,54)/t30?,31?,32-,33-,34-/m0/s1. The van der Waals surface area contributed by atoms with E-state index in [-0.39, 0.29) is 43.5 Å². The molecule has 1 aromatic carbocycles. The zero-order chi connectivity index (χ0) is 42.8. The molecule has 57 heavy (non-hydrogen) atoms. The van der Waals surface area contributed by atoms with Gasteiger partial charge in [0.15, 0.2) is 0 Å². The van der Waals surface area contributed by atoms with Crippen molar-refractivity contribution in [3.63, 3.8) is 0 Å². The van der Waals surface area contributed by atoms with E-state index in [1.54, 1.807) is 62.3 Å². The lowest BCUT2D eigenvalue weighted by Crippen LogP contribution is -2.53. The molecule has 0 saturated heterocycles. The van der Waals surface area contributed by atoms with Gasteiger partial charge in [-0.2, -0.15) is 0 Å². The number of ether oxygens (including phenoxy) is 3. The first-order valence-corrected chi connectivity index (χ1v) is 20.6. The van der Waals surface area contributed by atoms with Crippen LogP contribution < -0.4 is 27.0 Å². The van der Waals surface area contributed by atoms with Crippen molar-refractivity contribution in [2.45, 2.75) is 174 Å². The quantitative estimate of drug-likeness (QED) is 0.0647. The van der Waals surface area contributed by atoms with Gasteiger partial charge in [0, 0.05) is 18.9 Å².